The largest absolute Gasteiger partial charge is 0.491 e. The van der Waals surface area contributed by atoms with Gasteiger partial charge < -0.3 is 20.1 Å². The summed E-state index contributed by atoms with van der Waals surface area (Å²) in [5.41, 5.74) is 2.41. The molecule has 1 heterocycles. The van der Waals surface area contributed by atoms with E-state index in [9.17, 15) is 0 Å². The van der Waals surface area contributed by atoms with Crippen LogP contribution in [-0.4, -0.2) is 62.6 Å². The summed E-state index contributed by atoms with van der Waals surface area (Å²) in [5, 5.41) is 7.09. The summed E-state index contributed by atoms with van der Waals surface area (Å²) in [5.74, 6) is 0.934. The number of benzene rings is 1. The molecule has 0 atom stereocenters. The fourth-order valence-corrected chi connectivity index (χ4v) is 2.71. The van der Waals surface area contributed by atoms with Gasteiger partial charge in [-0.15, -0.1) is 0 Å². The van der Waals surface area contributed by atoms with Gasteiger partial charge in [-0.25, -0.2) is 0 Å². The van der Waals surface area contributed by atoms with Crippen LogP contribution in [0.15, 0.2) is 18.2 Å². The average Bonchev–Trinajstić information content (AvgIpc) is 2.54. The minimum absolute atomic E-state index is 0.592. The van der Waals surface area contributed by atoms with E-state index in [2.05, 4.69) is 41.5 Å². The van der Waals surface area contributed by atoms with E-state index in [1.54, 1.807) is 0 Å². The second kappa shape index (κ2) is 9.70. The highest BCUT2D eigenvalue weighted by Crippen LogP contribution is 2.18. The Kier molecular flexibility index (Phi) is 7.58. The van der Waals surface area contributed by atoms with Gasteiger partial charge in [-0.2, -0.15) is 0 Å². The van der Waals surface area contributed by atoms with Crippen LogP contribution in [0.4, 0.5) is 0 Å². The highest BCUT2D eigenvalue weighted by Gasteiger charge is 2.09. The number of nitrogens with one attached hydrogen (secondary N) is 2. The fraction of sp³-hybridized carbons (Fsp3) is 0.588. The van der Waals surface area contributed by atoms with Crippen LogP contribution >= 0.6 is 12.2 Å². The maximum absolute atomic E-state index is 5.77. The molecule has 128 valence electrons. The summed E-state index contributed by atoms with van der Waals surface area (Å²) in [6.07, 6.45) is 0. The van der Waals surface area contributed by atoms with Crippen LogP contribution < -0.4 is 15.4 Å². The zero-order chi connectivity index (χ0) is 16.5. The standard InChI is InChI=1S/C17H27N3O2S/c1-14-3-4-16(15(2)13-14)22-10-6-19-17(23)18-5-7-20-8-11-21-12-9-20/h3-4,13H,5-12H2,1-2H3,(H2,18,19,23). The molecule has 6 heteroatoms. The van der Waals surface area contributed by atoms with Crippen LogP contribution in [0.25, 0.3) is 0 Å². The Hall–Kier alpha value is -1.37. The molecule has 23 heavy (non-hydrogen) atoms. The summed E-state index contributed by atoms with van der Waals surface area (Å²) in [7, 11) is 0. The zero-order valence-corrected chi connectivity index (χ0v) is 14.9. The maximum atomic E-state index is 5.77. The Morgan fingerprint density at radius 2 is 1.96 bits per heavy atom. The monoisotopic (exact) mass is 337 g/mol. The molecule has 2 rings (SSSR count). The van der Waals surface area contributed by atoms with Gasteiger partial charge >= 0.3 is 0 Å². The minimum atomic E-state index is 0.592. The zero-order valence-electron chi connectivity index (χ0n) is 14.1. The molecule has 0 radical (unpaired) electrons. The third kappa shape index (κ3) is 6.72. The van der Waals surface area contributed by atoms with Crippen molar-refractivity contribution in [2.45, 2.75) is 13.8 Å². The smallest absolute Gasteiger partial charge is 0.166 e. The molecular weight excluding hydrogens is 310 g/mol. The van der Waals surface area contributed by atoms with Crippen LogP contribution in [0, 0.1) is 13.8 Å². The summed E-state index contributed by atoms with van der Waals surface area (Å²) in [6, 6.07) is 6.21. The molecule has 0 aliphatic carbocycles. The molecule has 1 aliphatic rings. The van der Waals surface area contributed by atoms with Crippen molar-refractivity contribution in [1.82, 2.24) is 15.5 Å². The minimum Gasteiger partial charge on any atom is -0.491 e. The molecule has 5 nitrogen and oxygen atoms in total. The van der Waals surface area contributed by atoms with Crippen molar-refractivity contribution in [3.05, 3.63) is 29.3 Å². The highest BCUT2D eigenvalue weighted by atomic mass is 32.1. The number of morpholine rings is 1. The van der Waals surface area contributed by atoms with Crippen molar-refractivity contribution in [2.75, 3.05) is 52.5 Å². The van der Waals surface area contributed by atoms with E-state index in [4.69, 9.17) is 21.7 Å². The summed E-state index contributed by atoms with van der Waals surface area (Å²) in [4.78, 5) is 2.38. The first kappa shape index (κ1) is 18.0. The molecule has 1 aromatic carbocycles. The molecule has 0 bridgehead atoms. The number of nitrogens with zero attached hydrogens (tertiary/aromatic N) is 1. The lowest BCUT2D eigenvalue weighted by atomic mass is 10.1. The Balaban J connectivity index is 1.54. The number of ether oxygens (including phenoxy) is 2. The molecule has 0 saturated carbocycles. The molecule has 0 amide bonds. The summed E-state index contributed by atoms with van der Waals surface area (Å²) < 4.78 is 11.1. The summed E-state index contributed by atoms with van der Waals surface area (Å²) in [6.45, 7) is 10.9. The number of hydrogen-bond acceptors (Lipinski definition) is 4. The van der Waals surface area contributed by atoms with E-state index in [-0.39, 0.29) is 0 Å². The topological polar surface area (TPSA) is 45.8 Å². The SMILES string of the molecule is Cc1ccc(OCCNC(=S)NCCN2CCOCC2)c(C)c1. The predicted molar refractivity (Wildman–Crippen MR) is 97.3 cm³/mol. The fourth-order valence-electron chi connectivity index (χ4n) is 2.50. The maximum Gasteiger partial charge on any atom is 0.166 e. The molecule has 1 aliphatic heterocycles. The molecular formula is C17H27N3O2S. The summed E-state index contributed by atoms with van der Waals surface area (Å²) >= 11 is 5.27. The lowest BCUT2D eigenvalue weighted by molar-refractivity contribution is 0.0389. The molecule has 1 aromatic rings. The van der Waals surface area contributed by atoms with E-state index in [1.165, 1.54) is 5.56 Å². The van der Waals surface area contributed by atoms with Crippen LogP contribution in [0.3, 0.4) is 0 Å². The van der Waals surface area contributed by atoms with Gasteiger partial charge in [-0.05, 0) is 37.7 Å². The first-order chi connectivity index (χ1) is 11.1. The van der Waals surface area contributed by atoms with Crippen LogP contribution in [-0.2, 0) is 4.74 Å². The van der Waals surface area contributed by atoms with Crippen molar-refractivity contribution in [2.24, 2.45) is 0 Å². The molecule has 2 N–H and O–H groups in total. The van der Waals surface area contributed by atoms with Gasteiger partial charge in [0, 0.05) is 26.2 Å². The van der Waals surface area contributed by atoms with Gasteiger partial charge in [-0.3, -0.25) is 4.90 Å². The van der Waals surface area contributed by atoms with Gasteiger partial charge in [0.25, 0.3) is 0 Å². The Bertz CT molecular complexity index is 505. The van der Waals surface area contributed by atoms with E-state index in [0.717, 1.165) is 50.7 Å². The van der Waals surface area contributed by atoms with Gasteiger partial charge in [0.15, 0.2) is 5.11 Å². The number of rotatable bonds is 7. The van der Waals surface area contributed by atoms with E-state index >= 15 is 0 Å². The normalized spacial score (nSPS) is 15.2. The van der Waals surface area contributed by atoms with Crippen molar-refractivity contribution in [1.29, 1.82) is 0 Å². The van der Waals surface area contributed by atoms with Gasteiger partial charge in [0.05, 0.1) is 19.8 Å². The Morgan fingerprint density at radius 1 is 1.22 bits per heavy atom. The quantitative estimate of drug-likeness (QED) is 0.580. The highest BCUT2D eigenvalue weighted by molar-refractivity contribution is 7.80. The Labute approximate surface area is 144 Å². The molecule has 0 unspecified atom stereocenters. The van der Waals surface area contributed by atoms with E-state index < -0.39 is 0 Å². The number of aryl methyl sites for hydroxylation is 2. The van der Waals surface area contributed by atoms with Gasteiger partial charge in [0.1, 0.15) is 12.4 Å². The second-order valence-electron chi connectivity index (χ2n) is 5.75. The van der Waals surface area contributed by atoms with E-state index in [1.807, 2.05) is 6.07 Å². The predicted octanol–water partition coefficient (Wildman–Crippen LogP) is 1.48. The first-order valence-corrected chi connectivity index (χ1v) is 8.58. The number of thiocarbonyl (C=S) groups is 1. The van der Waals surface area contributed by atoms with Crippen molar-refractivity contribution in [3.8, 4) is 5.75 Å². The molecule has 1 saturated heterocycles. The lowest BCUT2D eigenvalue weighted by Gasteiger charge is -2.26. The third-order valence-corrected chi connectivity index (χ3v) is 4.08. The second-order valence-corrected chi connectivity index (χ2v) is 6.16. The van der Waals surface area contributed by atoms with Crippen LogP contribution in [0.2, 0.25) is 0 Å². The number of hydrogen-bond donors (Lipinski definition) is 2. The van der Waals surface area contributed by atoms with Crippen LogP contribution in [0.1, 0.15) is 11.1 Å². The molecule has 0 aromatic heterocycles. The van der Waals surface area contributed by atoms with Crippen LogP contribution in [0.5, 0.6) is 5.75 Å². The van der Waals surface area contributed by atoms with Gasteiger partial charge in [-0.1, -0.05) is 17.7 Å². The lowest BCUT2D eigenvalue weighted by Crippen LogP contribution is -2.44. The third-order valence-electron chi connectivity index (χ3n) is 3.79. The van der Waals surface area contributed by atoms with Crippen molar-refractivity contribution >= 4 is 17.3 Å². The van der Waals surface area contributed by atoms with Crippen molar-refractivity contribution < 1.29 is 9.47 Å². The van der Waals surface area contributed by atoms with Crippen molar-refractivity contribution in [3.63, 3.8) is 0 Å². The average molecular weight is 337 g/mol. The molecule has 0 spiro atoms. The van der Waals surface area contributed by atoms with Gasteiger partial charge in [0.2, 0.25) is 0 Å². The Morgan fingerprint density at radius 3 is 2.70 bits per heavy atom. The van der Waals surface area contributed by atoms with E-state index in [0.29, 0.717) is 18.3 Å². The molecule has 1 fully saturated rings. The first-order valence-electron chi connectivity index (χ1n) is 8.17.